The van der Waals surface area contributed by atoms with Crippen LogP contribution in [-0.2, 0) is 17.4 Å². The van der Waals surface area contributed by atoms with E-state index >= 15 is 0 Å². The van der Waals surface area contributed by atoms with Crippen molar-refractivity contribution in [2.45, 2.75) is 39.3 Å². The van der Waals surface area contributed by atoms with E-state index < -0.39 is 11.7 Å². The average Bonchev–Trinajstić information content (AvgIpc) is 2.47. The fourth-order valence-corrected chi connectivity index (χ4v) is 2.86. The van der Waals surface area contributed by atoms with Gasteiger partial charge >= 0.3 is 6.18 Å². The van der Waals surface area contributed by atoms with Crippen molar-refractivity contribution in [3.05, 3.63) is 47.0 Å². The Morgan fingerprint density at radius 3 is 2.22 bits per heavy atom. The number of piperidine rings is 1. The summed E-state index contributed by atoms with van der Waals surface area (Å²) in [6.07, 6.45) is -0.0825. The van der Waals surface area contributed by atoms with Gasteiger partial charge in [-0.15, -0.1) is 0 Å². The number of hydrogen-bond acceptors (Lipinski definition) is 1. The minimum Gasteiger partial charge on any atom is -0.339 e. The lowest BCUT2D eigenvalue weighted by molar-refractivity contribution is -0.137. The molecule has 0 saturated carbocycles. The highest BCUT2D eigenvalue weighted by atomic mass is 19.4. The number of hydrogen-bond donors (Lipinski definition) is 0. The van der Waals surface area contributed by atoms with Crippen molar-refractivity contribution in [3.63, 3.8) is 0 Å². The van der Waals surface area contributed by atoms with Crippen LogP contribution in [0, 0.1) is 5.92 Å². The van der Waals surface area contributed by atoms with Crippen molar-refractivity contribution >= 4 is 5.91 Å². The zero-order valence-corrected chi connectivity index (χ0v) is 13.5. The fourth-order valence-electron chi connectivity index (χ4n) is 2.86. The van der Waals surface area contributed by atoms with Crippen LogP contribution in [0.4, 0.5) is 13.2 Å². The SMILES string of the molecule is CC(C)=CC(=O)N1CCC(Cc2ccc(C(F)(F)F)cc2)CC1. The molecule has 23 heavy (non-hydrogen) atoms. The number of nitrogens with zero attached hydrogens (tertiary/aromatic N) is 1. The lowest BCUT2D eigenvalue weighted by Crippen LogP contribution is -2.38. The van der Waals surface area contributed by atoms with Crippen molar-refractivity contribution in [1.82, 2.24) is 4.90 Å². The first-order valence-corrected chi connectivity index (χ1v) is 7.85. The Hall–Kier alpha value is -1.78. The summed E-state index contributed by atoms with van der Waals surface area (Å²) in [5.41, 5.74) is 1.30. The molecule has 0 unspecified atom stereocenters. The molecule has 2 nitrogen and oxygen atoms in total. The minimum absolute atomic E-state index is 0.0537. The van der Waals surface area contributed by atoms with E-state index in [1.54, 1.807) is 18.2 Å². The topological polar surface area (TPSA) is 20.3 Å². The van der Waals surface area contributed by atoms with Gasteiger partial charge in [-0.3, -0.25) is 4.79 Å². The molecule has 0 atom stereocenters. The molecule has 1 aliphatic rings. The van der Waals surface area contributed by atoms with Crippen molar-refractivity contribution < 1.29 is 18.0 Å². The van der Waals surface area contributed by atoms with Gasteiger partial charge in [-0.25, -0.2) is 0 Å². The zero-order chi connectivity index (χ0) is 17.0. The van der Waals surface area contributed by atoms with Gasteiger partial charge < -0.3 is 4.90 Å². The van der Waals surface area contributed by atoms with E-state index in [0.717, 1.165) is 42.5 Å². The quantitative estimate of drug-likeness (QED) is 0.752. The predicted molar refractivity (Wildman–Crippen MR) is 83.9 cm³/mol. The Morgan fingerprint density at radius 2 is 1.74 bits per heavy atom. The Bertz CT molecular complexity index is 563. The van der Waals surface area contributed by atoms with Crippen LogP contribution < -0.4 is 0 Å². The number of carbonyl (C=O) groups excluding carboxylic acids is 1. The number of amides is 1. The van der Waals surface area contributed by atoms with E-state index in [-0.39, 0.29) is 5.91 Å². The Morgan fingerprint density at radius 1 is 1.17 bits per heavy atom. The Labute approximate surface area is 135 Å². The van der Waals surface area contributed by atoms with Gasteiger partial charge in [0.05, 0.1) is 5.56 Å². The zero-order valence-electron chi connectivity index (χ0n) is 13.5. The van der Waals surface area contributed by atoms with Crippen molar-refractivity contribution in [2.24, 2.45) is 5.92 Å². The molecule has 1 fully saturated rings. The maximum atomic E-state index is 12.5. The molecule has 0 radical (unpaired) electrons. The van der Waals surface area contributed by atoms with E-state index in [1.165, 1.54) is 0 Å². The van der Waals surface area contributed by atoms with E-state index in [9.17, 15) is 18.0 Å². The minimum atomic E-state index is -4.28. The maximum absolute atomic E-state index is 12.5. The van der Waals surface area contributed by atoms with Crippen LogP contribution in [0.3, 0.4) is 0 Å². The molecule has 5 heteroatoms. The first-order chi connectivity index (χ1) is 10.8. The molecule has 0 bridgehead atoms. The number of likely N-dealkylation sites (tertiary alicyclic amines) is 1. The van der Waals surface area contributed by atoms with Crippen LogP contribution >= 0.6 is 0 Å². The van der Waals surface area contributed by atoms with Crippen LogP contribution in [0.2, 0.25) is 0 Å². The first-order valence-electron chi connectivity index (χ1n) is 7.85. The third-order valence-electron chi connectivity index (χ3n) is 4.14. The van der Waals surface area contributed by atoms with E-state index in [1.807, 2.05) is 18.7 Å². The number of halogens is 3. The number of rotatable bonds is 3. The number of allylic oxidation sites excluding steroid dienone is 1. The molecule has 1 amide bonds. The van der Waals surface area contributed by atoms with Crippen molar-refractivity contribution in [2.75, 3.05) is 13.1 Å². The molecular formula is C18H22F3NO. The molecule has 0 aromatic heterocycles. The van der Waals surface area contributed by atoms with Gasteiger partial charge in [0, 0.05) is 19.2 Å². The molecule has 1 heterocycles. The van der Waals surface area contributed by atoms with E-state index in [2.05, 4.69) is 0 Å². The van der Waals surface area contributed by atoms with E-state index in [4.69, 9.17) is 0 Å². The number of carbonyl (C=O) groups is 1. The van der Waals surface area contributed by atoms with Gasteiger partial charge in [-0.1, -0.05) is 17.7 Å². The van der Waals surface area contributed by atoms with Crippen LogP contribution in [0.5, 0.6) is 0 Å². The summed E-state index contributed by atoms with van der Waals surface area (Å²) < 4.78 is 37.6. The van der Waals surface area contributed by atoms with Gasteiger partial charge in [-0.2, -0.15) is 13.2 Å². The normalized spacial score (nSPS) is 16.3. The number of alkyl halides is 3. The lowest BCUT2D eigenvalue weighted by Gasteiger charge is -2.31. The van der Waals surface area contributed by atoms with Crippen LogP contribution in [-0.4, -0.2) is 23.9 Å². The molecule has 1 aromatic carbocycles. The highest BCUT2D eigenvalue weighted by Crippen LogP contribution is 2.30. The largest absolute Gasteiger partial charge is 0.416 e. The summed E-state index contributed by atoms with van der Waals surface area (Å²) >= 11 is 0. The molecule has 0 aliphatic carbocycles. The summed E-state index contributed by atoms with van der Waals surface area (Å²) in [7, 11) is 0. The van der Waals surface area contributed by atoms with Crippen LogP contribution in [0.25, 0.3) is 0 Å². The van der Waals surface area contributed by atoms with Crippen molar-refractivity contribution in [1.29, 1.82) is 0 Å². The van der Waals surface area contributed by atoms with Crippen molar-refractivity contribution in [3.8, 4) is 0 Å². The molecule has 1 saturated heterocycles. The van der Waals surface area contributed by atoms with Gasteiger partial charge in [0.15, 0.2) is 0 Å². The second-order valence-corrected chi connectivity index (χ2v) is 6.39. The first kappa shape index (κ1) is 17.6. The van der Waals surface area contributed by atoms with Gasteiger partial charge in [0.2, 0.25) is 5.91 Å². The third-order valence-corrected chi connectivity index (χ3v) is 4.14. The monoisotopic (exact) mass is 325 g/mol. The lowest BCUT2D eigenvalue weighted by atomic mass is 9.90. The Balaban J connectivity index is 1.87. The molecule has 1 aromatic rings. The molecule has 2 rings (SSSR count). The maximum Gasteiger partial charge on any atom is 0.416 e. The summed E-state index contributed by atoms with van der Waals surface area (Å²) in [4.78, 5) is 13.8. The summed E-state index contributed by atoms with van der Waals surface area (Å²) in [5.74, 6) is 0.473. The third kappa shape index (κ3) is 5.12. The molecule has 126 valence electrons. The molecule has 0 spiro atoms. The second kappa shape index (κ2) is 7.20. The molecular weight excluding hydrogens is 303 g/mol. The van der Waals surface area contributed by atoms with Gasteiger partial charge in [0.25, 0.3) is 0 Å². The predicted octanol–water partition coefficient (Wildman–Crippen LogP) is 4.45. The molecule has 1 aliphatic heterocycles. The summed E-state index contributed by atoms with van der Waals surface area (Å²) in [6, 6.07) is 5.40. The fraction of sp³-hybridized carbons (Fsp3) is 0.500. The Kier molecular flexibility index (Phi) is 5.50. The van der Waals surface area contributed by atoms with E-state index in [0.29, 0.717) is 19.0 Å². The van der Waals surface area contributed by atoms with Crippen LogP contribution in [0.15, 0.2) is 35.9 Å². The summed E-state index contributed by atoms with van der Waals surface area (Å²) in [6.45, 7) is 5.23. The summed E-state index contributed by atoms with van der Waals surface area (Å²) in [5, 5.41) is 0. The molecule has 0 N–H and O–H groups in total. The standard InChI is InChI=1S/C18H22F3NO/c1-13(2)11-17(23)22-9-7-15(8-10-22)12-14-3-5-16(6-4-14)18(19,20)21/h3-6,11,15H,7-10,12H2,1-2H3. The highest BCUT2D eigenvalue weighted by molar-refractivity contribution is 5.88. The van der Waals surface area contributed by atoms with Gasteiger partial charge in [-0.05, 0) is 56.7 Å². The average molecular weight is 325 g/mol. The highest BCUT2D eigenvalue weighted by Gasteiger charge is 2.30. The van der Waals surface area contributed by atoms with Crippen LogP contribution in [0.1, 0.15) is 37.8 Å². The number of benzene rings is 1. The van der Waals surface area contributed by atoms with Gasteiger partial charge in [0.1, 0.15) is 0 Å². The smallest absolute Gasteiger partial charge is 0.339 e. The second-order valence-electron chi connectivity index (χ2n) is 6.39.